The van der Waals surface area contributed by atoms with Crippen LogP contribution in [0, 0.1) is 4.77 Å². The van der Waals surface area contributed by atoms with Gasteiger partial charge in [-0.05, 0) is 31.1 Å². The summed E-state index contributed by atoms with van der Waals surface area (Å²) in [6, 6.07) is 8.33. The van der Waals surface area contributed by atoms with Crippen LogP contribution >= 0.6 is 12.2 Å². The van der Waals surface area contributed by atoms with Crippen molar-refractivity contribution in [2.45, 2.75) is 32.2 Å². The minimum atomic E-state index is 0.212. The van der Waals surface area contributed by atoms with E-state index in [4.69, 9.17) is 26.8 Å². The number of fused-ring (bicyclic) bond motifs is 1. The van der Waals surface area contributed by atoms with Crippen molar-refractivity contribution >= 4 is 23.1 Å². The predicted molar refractivity (Wildman–Crippen MR) is 109 cm³/mol. The molecule has 1 atom stereocenters. The van der Waals surface area contributed by atoms with Crippen LogP contribution in [0.5, 0.6) is 0 Å². The Kier molecular flexibility index (Phi) is 5.02. The molecule has 4 heterocycles. The molecule has 0 unspecified atom stereocenters. The van der Waals surface area contributed by atoms with Gasteiger partial charge in [-0.1, -0.05) is 18.2 Å². The smallest absolute Gasteiger partial charge is 0.203 e. The van der Waals surface area contributed by atoms with Crippen molar-refractivity contribution in [2.24, 2.45) is 0 Å². The van der Waals surface area contributed by atoms with Crippen molar-refractivity contribution in [1.82, 2.24) is 19.3 Å². The molecule has 2 N–H and O–H groups in total. The van der Waals surface area contributed by atoms with Crippen molar-refractivity contribution < 1.29 is 14.4 Å². The Morgan fingerprint density at radius 2 is 2.07 bits per heavy atom. The molecule has 0 bridgehead atoms. The fourth-order valence-electron chi connectivity index (χ4n) is 4.19. The molecule has 0 amide bonds. The molecule has 2 aliphatic heterocycles. The van der Waals surface area contributed by atoms with Gasteiger partial charge in [0.25, 0.3) is 0 Å². The number of ether oxygens (including phenoxy) is 2. The largest absolute Gasteiger partial charge is 0.376 e. The zero-order chi connectivity index (χ0) is 18.9. The summed E-state index contributed by atoms with van der Waals surface area (Å²) in [6.07, 6.45) is 4.45. The molecule has 0 saturated carbocycles. The molecule has 2 saturated heterocycles. The zero-order valence-electron chi connectivity index (χ0n) is 15.9. The molecule has 0 aliphatic carbocycles. The van der Waals surface area contributed by atoms with Crippen LogP contribution in [-0.2, 0) is 22.7 Å². The SMILES string of the molecule is S=c1n(C[NH+]2CCOCC2)nc(-c2c[nH]c3ccccc23)n1C[C@H]1CCCO1. The molecule has 5 rings (SSSR count). The normalized spacial score (nSPS) is 20.9. The molecule has 7 nitrogen and oxygen atoms in total. The summed E-state index contributed by atoms with van der Waals surface area (Å²) in [5, 5.41) is 6.15. The number of H-pyrrole nitrogens is 1. The Hall–Kier alpha value is -2.00. The van der Waals surface area contributed by atoms with Gasteiger partial charge in [-0.15, -0.1) is 5.10 Å². The van der Waals surface area contributed by atoms with E-state index < -0.39 is 0 Å². The number of hydrogen-bond acceptors (Lipinski definition) is 4. The Morgan fingerprint density at radius 1 is 1.21 bits per heavy atom. The van der Waals surface area contributed by atoms with E-state index in [0.717, 1.165) is 80.6 Å². The lowest BCUT2D eigenvalue weighted by Gasteiger charge is -2.23. The zero-order valence-corrected chi connectivity index (χ0v) is 16.7. The van der Waals surface area contributed by atoms with E-state index in [9.17, 15) is 0 Å². The molecule has 1 aromatic carbocycles. The summed E-state index contributed by atoms with van der Waals surface area (Å²) in [7, 11) is 0. The summed E-state index contributed by atoms with van der Waals surface area (Å²) in [5.41, 5.74) is 2.20. The predicted octanol–water partition coefficient (Wildman–Crippen LogP) is 1.61. The van der Waals surface area contributed by atoms with Gasteiger partial charge in [0.05, 0.1) is 25.9 Å². The molecule has 2 aromatic heterocycles. The first-order valence-electron chi connectivity index (χ1n) is 10.1. The van der Waals surface area contributed by atoms with Crippen molar-refractivity contribution in [3.05, 3.63) is 35.2 Å². The summed E-state index contributed by atoms with van der Waals surface area (Å²) in [5.74, 6) is 0.922. The second-order valence-corrected chi connectivity index (χ2v) is 7.98. The fraction of sp³-hybridized carbons (Fsp3) is 0.500. The highest BCUT2D eigenvalue weighted by Crippen LogP contribution is 2.28. The molecular formula is C20H26N5O2S+. The molecular weight excluding hydrogens is 374 g/mol. The van der Waals surface area contributed by atoms with E-state index >= 15 is 0 Å². The minimum absolute atomic E-state index is 0.212. The topological polar surface area (TPSA) is 61.4 Å². The molecule has 28 heavy (non-hydrogen) atoms. The highest BCUT2D eigenvalue weighted by atomic mass is 32.1. The summed E-state index contributed by atoms with van der Waals surface area (Å²) in [6.45, 7) is 5.95. The van der Waals surface area contributed by atoms with Gasteiger partial charge in [0.1, 0.15) is 13.1 Å². The summed E-state index contributed by atoms with van der Waals surface area (Å²) < 4.78 is 16.3. The summed E-state index contributed by atoms with van der Waals surface area (Å²) in [4.78, 5) is 4.82. The van der Waals surface area contributed by atoms with E-state index in [2.05, 4.69) is 27.8 Å². The fourth-order valence-corrected chi connectivity index (χ4v) is 4.45. The standard InChI is InChI=1S/C20H25N5O2S/c28-20-24(13-15-4-3-9-27-15)19(17-12-21-18-6-2-1-5-16(17)18)22-25(20)14-23-7-10-26-11-8-23/h1-2,5-6,12,15,21H,3-4,7-11,13-14H2/p+1/t15-/m1/s1. The molecule has 8 heteroatoms. The van der Waals surface area contributed by atoms with Crippen LogP contribution in [-0.4, -0.2) is 58.3 Å². The van der Waals surface area contributed by atoms with Gasteiger partial charge in [-0.2, -0.15) is 4.68 Å². The number of morpholine rings is 1. The number of nitrogens with zero attached hydrogens (tertiary/aromatic N) is 3. The van der Waals surface area contributed by atoms with E-state index in [1.165, 1.54) is 10.3 Å². The number of aromatic nitrogens is 4. The highest BCUT2D eigenvalue weighted by Gasteiger charge is 2.24. The van der Waals surface area contributed by atoms with Crippen LogP contribution in [0.2, 0.25) is 0 Å². The average Bonchev–Trinajstić information content (AvgIpc) is 3.45. The molecule has 0 radical (unpaired) electrons. The van der Waals surface area contributed by atoms with E-state index in [1.54, 1.807) is 0 Å². The van der Waals surface area contributed by atoms with Crippen molar-refractivity contribution in [1.29, 1.82) is 0 Å². The van der Waals surface area contributed by atoms with Crippen molar-refractivity contribution in [3.8, 4) is 11.4 Å². The lowest BCUT2D eigenvalue weighted by molar-refractivity contribution is -0.930. The van der Waals surface area contributed by atoms with Crippen LogP contribution in [0.1, 0.15) is 12.8 Å². The number of nitrogens with one attached hydrogen (secondary N) is 2. The number of aromatic amines is 1. The summed E-state index contributed by atoms with van der Waals surface area (Å²) >= 11 is 5.87. The third-order valence-electron chi connectivity index (χ3n) is 5.74. The number of benzene rings is 1. The number of rotatable bonds is 5. The Morgan fingerprint density at radius 3 is 2.89 bits per heavy atom. The van der Waals surface area contributed by atoms with Crippen LogP contribution in [0.25, 0.3) is 22.3 Å². The van der Waals surface area contributed by atoms with Gasteiger partial charge in [0, 0.05) is 29.3 Å². The van der Waals surface area contributed by atoms with Crippen molar-refractivity contribution in [2.75, 3.05) is 32.9 Å². The Labute approximate surface area is 168 Å². The maximum atomic E-state index is 5.90. The van der Waals surface area contributed by atoms with Gasteiger partial charge >= 0.3 is 0 Å². The molecule has 148 valence electrons. The first-order valence-corrected chi connectivity index (χ1v) is 10.5. The van der Waals surface area contributed by atoms with E-state index in [-0.39, 0.29) is 6.10 Å². The number of para-hydroxylation sites is 1. The molecule has 3 aromatic rings. The molecule has 2 fully saturated rings. The molecule has 0 spiro atoms. The van der Waals surface area contributed by atoms with Gasteiger partial charge in [-0.3, -0.25) is 4.57 Å². The Bertz CT molecular complexity index is 1010. The third-order valence-corrected chi connectivity index (χ3v) is 6.17. The quantitative estimate of drug-likeness (QED) is 0.639. The lowest BCUT2D eigenvalue weighted by Crippen LogP contribution is -3.13. The lowest BCUT2D eigenvalue weighted by atomic mass is 10.1. The average molecular weight is 401 g/mol. The monoisotopic (exact) mass is 400 g/mol. The second-order valence-electron chi connectivity index (χ2n) is 7.62. The number of hydrogen-bond donors (Lipinski definition) is 2. The maximum Gasteiger partial charge on any atom is 0.203 e. The molecule has 2 aliphatic rings. The third kappa shape index (κ3) is 3.41. The van der Waals surface area contributed by atoms with E-state index in [0.29, 0.717) is 0 Å². The van der Waals surface area contributed by atoms with Crippen molar-refractivity contribution in [3.63, 3.8) is 0 Å². The minimum Gasteiger partial charge on any atom is -0.376 e. The highest BCUT2D eigenvalue weighted by molar-refractivity contribution is 7.71. The van der Waals surface area contributed by atoms with Gasteiger partial charge in [0.2, 0.25) is 4.77 Å². The second kappa shape index (κ2) is 7.79. The van der Waals surface area contributed by atoms with Crippen LogP contribution in [0.3, 0.4) is 0 Å². The van der Waals surface area contributed by atoms with Gasteiger partial charge in [0.15, 0.2) is 12.5 Å². The van der Waals surface area contributed by atoms with Gasteiger partial charge < -0.3 is 19.4 Å². The van der Waals surface area contributed by atoms with E-state index in [1.807, 2.05) is 16.9 Å². The van der Waals surface area contributed by atoms with Gasteiger partial charge in [-0.25, -0.2) is 0 Å². The maximum absolute atomic E-state index is 5.90. The first kappa shape index (κ1) is 18.1. The van der Waals surface area contributed by atoms with Crippen LogP contribution in [0.15, 0.2) is 30.5 Å². The van der Waals surface area contributed by atoms with Crippen LogP contribution < -0.4 is 4.90 Å². The first-order chi connectivity index (χ1) is 13.8. The van der Waals surface area contributed by atoms with Crippen LogP contribution in [0.4, 0.5) is 0 Å². The number of quaternary nitrogens is 1. The Balaban J connectivity index is 1.55.